The van der Waals surface area contributed by atoms with Gasteiger partial charge in [-0.25, -0.2) is 13.4 Å². The molecule has 13 heteroatoms. The lowest BCUT2D eigenvalue weighted by Crippen LogP contribution is -2.58. The minimum Gasteiger partial charge on any atom is -0.460 e. The summed E-state index contributed by atoms with van der Waals surface area (Å²) >= 11 is 0. The number of rotatable bonds is 6. The number of sulfonamides is 1. The molecule has 2 aliphatic carbocycles. The lowest BCUT2D eigenvalue weighted by molar-refractivity contribution is -0.159. The predicted molar refractivity (Wildman–Crippen MR) is 192 cm³/mol. The quantitative estimate of drug-likeness (QED) is 0.335. The number of hydrogen-bond acceptors (Lipinski definition) is 9. The van der Waals surface area contributed by atoms with Crippen molar-refractivity contribution in [3.63, 3.8) is 0 Å². The maximum absolute atomic E-state index is 14.7. The Kier molecular flexibility index (Phi) is 9.39. The van der Waals surface area contributed by atoms with Crippen molar-refractivity contribution in [2.24, 2.45) is 23.7 Å². The number of benzene rings is 1. The van der Waals surface area contributed by atoms with Gasteiger partial charge in [-0.3, -0.25) is 23.9 Å². The maximum atomic E-state index is 14.7. The Morgan fingerprint density at radius 1 is 1.04 bits per heavy atom. The zero-order valence-electron chi connectivity index (χ0n) is 29.7. The molecular weight excluding hydrogens is 671 g/mol. The summed E-state index contributed by atoms with van der Waals surface area (Å²) in [6.07, 6.45) is 10.5. The molecule has 6 atom stereocenters. The molecule has 1 aromatic heterocycles. The number of carbonyl (C=O) groups excluding carboxylic acids is 4. The van der Waals surface area contributed by atoms with Crippen LogP contribution in [0.5, 0.6) is 0 Å². The smallest absolute Gasteiger partial charge is 0.307 e. The predicted octanol–water partition coefficient (Wildman–Crippen LogP) is 3.85. The number of nitrogens with zero attached hydrogens (tertiary/aromatic N) is 3. The topological polar surface area (TPSA) is 155 Å². The molecule has 1 aromatic carbocycles. The van der Waals surface area contributed by atoms with Gasteiger partial charge in [0, 0.05) is 54.9 Å². The van der Waals surface area contributed by atoms with E-state index in [1.165, 1.54) is 0 Å². The minimum absolute atomic E-state index is 0.0681. The number of esters is 1. The molecule has 0 radical (unpaired) electrons. The van der Waals surface area contributed by atoms with Crippen molar-refractivity contribution in [2.45, 2.75) is 101 Å². The van der Waals surface area contributed by atoms with E-state index in [0.29, 0.717) is 38.9 Å². The van der Waals surface area contributed by atoms with E-state index >= 15 is 0 Å². The molecule has 4 fully saturated rings. The first kappa shape index (κ1) is 35.4. The summed E-state index contributed by atoms with van der Waals surface area (Å²) in [6, 6.07) is 9.04. The van der Waals surface area contributed by atoms with Gasteiger partial charge in [-0.1, -0.05) is 49.3 Å². The Hall–Kier alpha value is -4.00. The zero-order valence-corrected chi connectivity index (χ0v) is 30.5. The molecule has 51 heavy (non-hydrogen) atoms. The monoisotopic (exact) mass is 719 g/mol. The van der Waals surface area contributed by atoms with Gasteiger partial charge < -0.3 is 19.9 Å². The van der Waals surface area contributed by atoms with Gasteiger partial charge in [0.2, 0.25) is 21.8 Å². The first-order valence-electron chi connectivity index (χ1n) is 18.4. The van der Waals surface area contributed by atoms with Gasteiger partial charge in [0.05, 0.1) is 11.7 Å². The van der Waals surface area contributed by atoms with Gasteiger partial charge in [-0.15, -0.1) is 0 Å². The number of amides is 3. The fourth-order valence-electron chi connectivity index (χ4n) is 8.32. The van der Waals surface area contributed by atoms with Crippen LogP contribution in [-0.4, -0.2) is 84.1 Å². The number of fused-ring (bicyclic) bond motifs is 5. The molecule has 7 rings (SSSR count). The second kappa shape index (κ2) is 13.5. The van der Waals surface area contributed by atoms with E-state index in [1.807, 2.05) is 42.5 Å². The lowest BCUT2D eigenvalue weighted by Gasteiger charge is -2.33. The minimum atomic E-state index is -3.86. The van der Waals surface area contributed by atoms with E-state index in [1.54, 1.807) is 31.9 Å². The van der Waals surface area contributed by atoms with E-state index < -0.39 is 56.2 Å². The van der Waals surface area contributed by atoms with Crippen molar-refractivity contribution in [3.05, 3.63) is 48.7 Å². The number of nitrogens with one attached hydrogen (secondary N) is 2. The highest BCUT2D eigenvalue weighted by atomic mass is 32.2. The molecule has 2 saturated heterocycles. The molecule has 274 valence electrons. The Morgan fingerprint density at radius 2 is 1.82 bits per heavy atom. The third-order valence-electron chi connectivity index (χ3n) is 11.1. The van der Waals surface area contributed by atoms with E-state index in [0.717, 1.165) is 42.3 Å². The molecule has 4 heterocycles. The molecule has 5 aliphatic rings. The third kappa shape index (κ3) is 7.36. The van der Waals surface area contributed by atoms with Crippen LogP contribution in [0.1, 0.15) is 78.6 Å². The summed E-state index contributed by atoms with van der Waals surface area (Å²) in [4.78, 5) is 64.7. The van der Waals surface area contributed by atoms with E-state index in [2.05, 4.69) is 14.9 Å². The van der Waals surface area contributed by atoms with Crippen molar-refractivity contribution in [3.8, 4) is 0 Å². The van der Waals surface area contributed by atoms with Crippen molar-refractivity contribution in [1.29, 1.82) is 0 Å². The van der Waals surface area contributed by atoms with Crippen molar-refractivity contribution in [1.82, 2.24) is 19.9 Å². The van der Waals surface area contributed by atoms with Crippen LogP contribution in [0.4, 0.5) is 5.82 Å². The van der Waals surface area contributed by atoms with Gasteiger partial charge in [0.1, 0.15) is 23.0 Å². The number of allylic oxidation sites excluding steroid dienone is 1. The number of carbonyl (C=O) groups is 4. The number of pyridine rings is 1. The van der Waals surface area contributed by atoms with Crippen LogP contribution in [0.3, 0.4) is 0 Å². The molecule has 0 spiro atoms. The van der Waals surface area contributed by atoms with Crippen molar-refractivity contribution >= 4 is 50.3 Å². The van der Waals surface area contributed by atoms with Gasteiger partial charge in [0.25, 0.3) is 5.91 Å². The molecule has 3 amide bonds. The second-order valence-corrected chi connectivity index (χ2v) is 18.1. The van der Waals surface area contributed by atoms with E-state index in [9.17, 15) is 27.6 Å². The Bertz CT molecular complexity index is 1850. The standard InChI is InChI=1S/C38H49N5O7S/c1-37(2,3)50-31(44)19-25-12-7-5-4-6-8-13-27-20-38(27,36(47)41-51(48,49)28-15-16-28)40-34(45)32-30-23-42(21-26(30)22-43(32)35(25)46)33-29-14-10-9-11-24(29)17-18-39-33/h8-11,13-14,17-18,25-28,30,32H,4-7,12,15-16,19-23H2,1-3H3,(H,40,45)(H,41,47)/b13-8-/t25-,26+,27-,30+,32+,38-/m1/s1. The molecule has 12 nitrogen and oxygen atoms in total. The first-order valence-corrected chi connectivity index (χ1v) is 20.0. The molecule has 2 aromatic rings. The Balaban J connectivity index is 1.21. The molecule has 3 aliphatic heterocycles. The SMILES string of the molecule is CC(C)(C)OC(=O)C[C@H]1CCCCC/C=C\[C@@H]2C[C@@]2(C(=O)NS(=O)(=O)C2CC2)NC(=O)[C@@H]2[C@H]3CN(c4nccc5ccccc45)C[C@H]3CN2C1=O. The van der Waals surface area contributed by atoms with Crippen LogP contribution < -0.4 is 14.9 Å². The number of hydrogen-bond donors (Lipinski definition) is 2. The fourth-order valence-corrected chi connectivity index (χ4v) is 9.68. The molecule has 0 bridgehead atoms. The van der Waals surface area contributed by atoms with Crippen molar-refractivity contribution in [2.75, 3.05) is 24.5 Å². The second-order valence-electron chi connectivity index (χ2n) is 16.1. The zero-order chi connectivity index (χ0) is 36.1. The van der Waals surface area contributed by atoms with Crippen LogP contribution in [0.15, 0.2) is 48.7 Å². The number of ether oxygens (including phenoxy) is 1. The third-order valence-corrected chi connectivity index (χ3v) is 12.9. The van der Waals surface area contributed by atoms with Gasteiger partial charge in [0.15, 0.2) is 0 Å². The molecule has 2 saturated carbocycles. The first-order chi connectivity index (χ1) is 24.3. The van der Waals surface area contributed by atoms with Crippen LogP contribution in [0.25, 0.3) is 10.8 Å². The summed E-state index contributed by atoms with van der Waals surface area (Å²) in [5.41, 5.74) is -2.14. The van der Waals surface area contributed by atoms with Gasteiger partial charge in [-0.05, 0) is 70.7 Å². The van der Waals surface area contributed by atoms with Gasteiger partial charge in [-0.2, -0.15) is 0 Å². The highest BCUT2D eigenvalue weighted by Crippen LogP contribution is 2.47. The molecule has 2 N–H and O–H groups in total. The highest BCUT2D eigenvalue weighted by Gasteiger charge is 2.63. The van der Waals surface area contributed by atoms with E-state index in [-0.39, 0.29) is 36.5 Å². The summed E-state index contributed by atoms with van der Waals surface area (Å²) < 4.78 is 33.7. The van der Waals surface area contributed by atoms with Crippen LogP contribution >= 0.6 is 0 Å². The number of anilines is 1. The van der Waals surface area contributed by atoms with Crippen LogP contribution in [-0.2, 0) is 33.9 Å². The van der Waals surface area contributed by atoms with E-state index in [4.69, 9.17) is 9.72 Å². The average molecular weight is 720 g/mol. The Morgan fingerprint density at radius 3 is 2.59 bits per heavy atom. The summed E-state index contributed by atoms with van der Waals surface area (Å²) in [5.74, 6) is -2.51. The summed E-state index contributed by atoms with van der Waals surface area (Å²) in [5, 5.41) is 4.46. The summed E-state index contributed by atoms with van der Waals surface area (Å²) in [7, 11) is -3.86. The van der Waals surface area contributed by atoms with Crippen LogP contribution in [0.2, 0.25) is 0 Å². The normalized spacial score (nSPS) is 30.7. The lowest BCUT2D eigenvalue weighted by atomic mass is 9.92. The Labute approximate surface area is 299 Å². The van der Waals surface area contributed by atoms with Gasteiger partial charge >= 0.3 is 5.97 Å². The number of aromatic nitrogens is 1. The summed E-state index contributed by atoms with van der Waals surface area (Å²) in [6.45, 7) is 6.73. The van der Waals surface area contributed by atoms with Crippen LogP contribution in [0, 0.1) is 23.7 Å². The fraction of sp³-hybridized carbons (Fsp3) is 0.605. The molecular formula is C38H49N5O7S. The average Bonchev–Trinajstić information content (AvgIpc) is 3.96. The largest absolute Gasteiger partial charge is 0.460 e. The maximum Gasteiger partial charge on any atom is 0.307 e. The molecule has 0 unspecified atom stereocenters. The van der Waals surface area contributed by atoms with Crippen molar-refractivity contribution < 1.29 is 32.3 Å². The highest BCUT2D eigenvalue weighted by molar-refractivity contribution is 7.91.